The van der Waals surface area contributed by atoms with E-state index in [0.29, 0.717) is 26.3 Å². The molecule has 5 atom stereocenters. The maximum atomic E-state index is 13.4. The molecule has 18 heteroatoms. The number of nitrogens with one attached hydrogen (secondary N) is 4. The maximum absolute atomic E-state index is 13.4. The van der Waals surface area contributed by atoms with Gasteiger partial charge in [0.25, 0.3) is 0 Å². The van der Waals surface area contributed by atoms with Crippen LogP contribution in [0.4, 0.5) is 17.6 Å². The summed E-state index contributed by atoms with van der Waals surface area (Å²) in [5.74, 6) is -4.27. The van der Waals surface area contributed by atoms with Crippen molar-refractivity contribution < 1.29 is 60.5 Å². The van der Waals surface area contributed by atoms with E-state index in [9.17, 15) is 41.5 Å². The first kappa shape index (κ1) is 40.2. The molecule has 14 nitrogen and oxygen atoms in total. The Kier molecular flexibility index (Phi) is 16.4. The number of halogens is 4. The van der Waals surface area contributed by atoms with Crippen LogP contribution in [0.1, 0.15) is 47.5 Å². The number of hydrogen-bond acceptors (Lipinski definition) is 10. The van der Waals surface area contributed by atoms with Crippen molar-refractivity contribution in [1.82, 2.24) is 26.2 Å². The molecule has 47 heavy (non-hydrogen) atoms. The average molecular weight is 686 g/mol. The minimum absolute atomic E-state index is 0.00665. The molecule has 0 aromatic rings. The van der Waals surface area contributed by atoms with Gasteiger partial charge in [-0.25, -0.2) is 0 Å². The van der Waals surface area contributed by atoms with Gasteiger partial charge in [0, 0.05) is 13.1 Å². The summed E-state index contributed by atoms with van der Waals surface area (Å²) in [6, 6.07) is -5.80. The zero-order chi connectivity index (χ0) is 35.3. The van der Waals surface area contributed by atoms with Crippen LogP contribution in [0.25, 0.3) is 0 Å². The van der Waals surface area contributed by atoms with E-state index >= 15 is 0 Å². The van der Waals surface area contributed by atoms with E-state index in [0.717, 1.165) is 0 Å². The molecule has 2 fully saturated rings. The Morgan fingerprint density at radius 1 is 0.723 bits per heavy atom. The van der Waals surface area contributed by atoms with Gasteiger partial charge in [-0.3, -0.25) is 28.9 Å². The Morgan fingerprint density at radius 2 is 1.15 bits per heavy atom. The molecule has 0 unspecified atom stereocenters. The Bertz CT molecular complexity index is 1060. The number of ether oxygens (including phenoxy) is 4. The second kappa shape index (κ2) is 19.2. The highest BCUT2D eigenvalue weighted by molar-refractivity contribution is 5.98. The Hall–Kier alpha value is -2.93. The van der Waals surface area contributed by atoms with Crippen molar-refractivity contribution in [2.75, 3.05) is 52.7 Å². The number of hydrogen-bond donors (Lipinski definition) is 4. The first-order valence-corrected chi connectivity index (χ1v) is 15.5. The highest BCUT2D eigenvalue weighted by atomic mass is 19.3. The van der Waals surface area contributed by atoms with Crippen molar-refractivity contribution in [3.63, 3.8) is 0 Å². The number of alkyl halides is 4. The van der Waals surface area contributed by atoms with Gasteiger partial charge in [0.2, 0.25) is 23.6 Å². The van der Waals surface area contributed by atoms with E-state index in [4.69, 9.17) is 9.47 Å². The quantitative estimate of drug-likeness (QED) is 0.0964. The normalized spacial score (nSPS) is 20.9. The molecule has 0 bridgehead atoms. The summed E-state index contributed by atoms with van der Waals surface area (Å²) in [6.07, 6.45) is 0.346. The summed E-state index contributed by atoms with van der Waals surface area (Å²) in [6.45, 7) is 1.66. The molecule has 0 aliphatic carbocycles. The van der Waals surface area contributed by atoms with Crippen LogP contribution in [0.2, 0.25) is 0 Å². The van der Waals surface area contributed by atoms with Crippen molar-refractivity contribution in [3.05, 3.63) is 0 Å². The topological polar surface area (TPSA) is 177 Å². The summed E-state index contributed by atoms with van der Waals surface area (Å²) in [4.78, 5) is 67.2. The predicted molar refractivity (Wildman–Crippen MR) is 157 cm³/mol. The molecule has 0 radical (unpaired) electrons. The van der Waals surface area contributed by atoms with Crippen LogP contribution in [-0.2, 0) is 42.9 Å². The molecule has 0 saturated carbocycles. The second-order valence-electron chi connectivity index (χ2n) is 12.5. The minimum Gasteiger partial charge on any atom is -0.379 e. The number of epoxide rings is 1. The molecule has 270 valence electrons. The third-order valence-electron chi connectivity index (χ3n) is 7.31. The van der Waals surface area contributed by atoms with Crippen LogP contribution in [0.5, 0.6) is 0 Å². The minimum atomic E-state index is -3.35. The molecule has 4 amide bonds. The number of ketones is 1. The molecule has 2 rings (SSSR count). The molecule has 2 aliphatic heterocycles. The molecular weight excluding hydrogens is 638 g/mol. The van der Waals surface area contributed by atoms with E-state index in [1.807, 2.05) is 13.8 Å². The summed E-state index contributed by atoms with van der Waals surface area (Å²) in [7, 11) is 0. The molecule has 0 spiro atoms. The number of carbonyl (C=O) groups excluding carboxylic acids is 5. The van der Waals surface area contributed by atoms with Gasteiger partial charge in [-0.2, -0.15) is 17.6 Å². The van der Waals surface area contributed by atoms with Gasteiger partial charge in [0.15, 0.2) is 5.78 Å². The fraction of sp³-hybridized carbons (Fsp3) is 0.828. The Balaban J connectivity index is 2.20. The molecule has 2 heterocycles. The standard InChI is InChI=1S/C29H47F4N5O9/c1-16(2)10-18(23(40)29(5)15-47-29)35-24(41)19(11-17(3)4)36-26(43)21(14-46-28(32)33)37-25(42)20(13-45-27(30)31)34-22(39)12-38-6-8-44-9-7-38/h16-21,27-28H,6-15H2,1-5H3,(H,34,39)(H,35,41)(H,36,43)(H,37,42)/t18-,19-,20-,21-,29-/m0/s1. The highest BCUT2D eigenvalue weighted by Gasteiger charge is 2.50. The lowest BCUT2D eigenvalue weighted by Gasteiger charge is -2.28. The van der Waals surface area contributed by atoms with Gasteiger partial charge in [0.1, 0.15) is 23.7 Å². The lowest BCUT2D eigenvalue weighted by Crippen LogP contribution is -2.60. The van der Waals surface area contributed by atoms with Crippen LogP contribution in [0.3, 0.4) is 0 Å². The summed E-state index contributed by atoms with van der Waals surface area (Å²) in [5.41, 5.74) is -1.03. The first-order valence-electron chi connectivity index (χ1n) is 15.5. The third-order valence-corrected chi connectivity index (χ3v) is 7.31. The molecular formula is C29H47F4N5O9. The fourth-order valence-electron chi connectivity index (χ4n) is 4.75. The van der Waals surface area contributed by atoms with E-state index in [1.165, 1.54) is 0 Å². The van der Waals surface area contributed by atoms with Crippen LogP contribution in [0, 0.1) is 11.8 Å². The molecule has 0 aromatic heterocycles. The van der Waals surface area contributed by atoms with E-state index in [2.05, 4.69) is 30.7 Å². The van der Waals surface area contributed by atoms with E-state index in [1.54, 1.807) is 25.7 Å². The van der Waals surface area contributed by atoms with Gasteiger partial charge in [-0.15, -0.1) is 0 Å². The van der Waals surface area contributed by atoms with Crippen LogP contribution >= 0.6 is 0 Å². The number of morpholine rings is 1. The molecule has 0 aromatic carbocycles. The van der Waals surface area contributed by atoms with Gasteiger partial charge < -0.3 is 40.2 Å². The number of Topliss-reactive ketones (excluding diaryl/α,β-unsaturated/α-hetero) is 1. The zero-order valence-electron chi connectivity index (χ0n) is 27.3. The second-order valence-corrected chi connectivity index (χ2v) is 12.5. The Labute approximate surface area is 271 Å². The van der Waals surface area contributed by atoms with Gasteiger partial charge >= 0.3 is 13.2 Å². The number of nitrogens with zero attached hydrogens (tertiary/aromatic N) is 1. The molecule has 4 N–H and O–H groups in total. The number of carbonyl (C=O) groups is 5. The smallest absolute Gasteiger partial charge is 0.345 e. The van der Waals surface area contributed by atoms with Crippen molar-refractivity contribution in [2.24, 2.45) is 11.8 Å². The van der Waals surface area contributed by atoms with Crippen molar-refractivity contribution in [1.29, 1.82) is 0 Å². The van der Waals surface area contributed by atoms with Crippen LogP contribution < -0.4 is 21.3 Å². The Morgan fingerprint density at radius 3 is 1.62 bits per heavy atom. The van der Waals surface area contributed by atoms with Crippen molar-refractivity contribution in [3.8, 4) is 0 Å². The van der Waals surface area contributed by atoms with Crippen LogP contribution in [0.15, 0.2) is 0 Å². The van der Waals surface area contributed by atoms with E-state index < -0.39 is 79.8 Å². The number of amides is 4. The fourth-order valence-corrected chi connectivity index (χ4v) is 4.75. The maximum Gasteiger partial charge on any atom is 0.345 e. The van der Waals surface area contributed by atoms with Gasteiger partial charge in [0.05, 0.1) is 45.6 Å². The van der Waals surface area contributed by atoms with E-state index in [-0.39, 0.29) is 43.6 Å². The monoisotopic (exact) mass is 685 g/mol. The summed E-state index contributed by atoms with van der Waals surface area (Å²) >= 11 is 0. The van der Waals surface area contributed by atoms with Crippen molar-refractivity contribution >= 4 is 29.4 Å². The highest BCUT2D eigenvalue weighted by Crippen LogP contribution is 2.29. The predicted octanol–water partition coefficient (Wildman–Crippen LogP) is 0.186. The van der Waals surface area contributed by atoms with Gasteiger partial charge in [-0.05, 0) is 31.6 Å². The summed E-state index contributed by atoms with van der Waals surface area (Å²) < 4.78 is 70.6. The SMILES string of the molecule is CC(C)C[C@H](NC(=O)[C@H](COC(F)F)NC(=O)[C@H](COC(F)F)NC(=O)CN1CCOCC1)C(=O)N[C@@H](CC(C)C)C(=O)[C@]1(C)CO1. The lowest BCUT2D eigenvalue weighted by molar-refractivity contribution is -0.153. The first-order chi connectivity index (χ1) is 22.0. The van der Waals surface area contributed by atoms with Crippen molar-refractivity contribution in [2.45, 2.75) is 90.5 Å². The van der Waals surface area contributed by atoms with Crippen LogP contribution in [-0.4, -0.2) is 130 Å². The number of rotatable bonds is 21. The molecule has 2 saturated heterocycles. The zero-order valence-corrected chi connectivity index (χ0v) is 27.3. The summed E-state index contributed by atoms with van der Waals surface area (Å²) in [5, 5.41) is 9.48. The molecule has 2 aliphatic rings. The lowest BCUT2D eigenvalue weighted by atomic mass is 9.92. The van der Waals surface area contributed by atoms with Gasteiger partial charge in [-0.1, -0.05) is 27.7 Å². The third kappa shape index (κ3) is 14.8. The largest absolute Gasteiger partial charge is 0.379 e. The average Bonchev–Trinajstić information content (AvgIpc) is 3.74.